The van der Waals surface area contributed by atoms with Crippen molar-refractivity contribution in [1.82, 2.24) is 5.32 Å². The van der Waals surface area contributed by atoms with Crippen molar-refractivity contribution in [3.05, 3.63) is 99.1 Å². The standard InChI is InChI=1S/C33H42N2O2/c1-7-32(36)30-13-9-11-26(20-30)19-28-15-14-27(16-25(28)6)21-34-33(37)35-31-18-24(5)23(4)17-29(31)12-8-10-22(2)3/h9,11,13-18,20,22H,7-8,10,12,19,21H2,1-6H3,(H2,34,35,37). The van der Waals surface area contributed by atoms with Crippen LogP contribution >= 0.6 is 0 Å². The minimum Gasteiger partial charge on any atom is -0.334 e. The molecule has 0 atom stereocenters. The Morgan fingerprint density at radius 3 is 2.30 bits per heavy atom. The monoisotopic (exact) mass is 498 g/mol. The number of anilines is 1. The molecule has 4 nitrogen and oxygen atoms in total. The van der Waals surface area contributed by atoms with Gasteiger partial charge >= 0.3 is 6.03 Å². The molecule has 0 spiro atoms. The quantitative estimate of drug-likeness (QED) is 0.262. The highest BCUT2D eigenvalue weighted by molar-refractivity contribution is 5.96. The molecule has 37 heavy (non-hydrogen) atoms. The Bertz CT molecular complexity index is 1240. The molecule has 3 aromatic carbocycles. The first-order valence-corrected chi connectivity index (χ1v) is 13.5. The summed E-state index contributed by atoms with van der Waals surface area (Å²) in [4.78, 5) is 24.8. The predicted molar refractivity (Wildman–Crippen MR) is 155 cm³/mol. The van der Waals surface area contributed by atoms with E-state index in [-0.39, 0.29) is 11.8 Å². The summed E-state index contributed by atoms with van der Waals surface area (Å²) >= 11 is 0. The summed E-state index contributed by atoms with van der Waals surface area (Å²) in [6.45, 7) is 13.1. The molecule has 0 aliphatic heterocycles. The molecule has 3 aromatic rings. The molecule has 0 heterocycles. The van der Waals surface area contributed by atoms with Crippen LogP contribution in [0.3, 0.4) is 0 Å². The molecule has 0 saturated heterocycles. The number of rotatable bonds is 11. The van der Waals surface area contributed by atoms with Gasteiger partial charge in [-0.2, -0.15) is 0 Å². The Morgan fingerprint density at radius 2 is 1.59 bits per heavy atom. The molecule has 0 radical (unpaired) electrons. The predicted octanol–water partition coefficient (Wildman–Crippen LogP) is 8.10. The molecule has 2 amide bonds. The lowest BCUT2D eigenvalue weighted by atomic mass is 9.96. The SMILES string of the molecule is CCC(=O)c1cccc(Cc2ccc(CNC(=O)Nc3cc(C)c(C)cc3CCCC(C)C)cc2C)c1. The van der Waals surface area contributed by atoms with Crippen LogP contribution in [-0.4, -0.2) is 11.8 Å². The highest BCUT2D eigenvalue weighted by Gasteiger charge is 2.11. The second kappa shape index (κ2) is 13.2. The van der Waals surface area contributed by atoms with E-state index in [1.54, 1.807) is 0 Å². The first-order valence-electron chi connectivity index (χ1n) is 13.5. The van der Waals surface area contributed by atoms with E-state index in [1.165, 1.54) is 34.2 Å². The van der Waals surface area contributed by atoms with Gasteiger partial charge in [0.25, 0.3) is 0 Å². The normalized spacial score (nSPS) is 11.0. The molecule has 0 unspecified atom stereocenters. The lowest BCUT2D eigenvalue weighted by Gasteiger charge is -2.16. The van der Waals surface area contributed by atoms with Crippen LogP contribution in [0.4, 0.5) is 10.5 Å². The van der Waals surface area contributed by atoms with Gasteiger partial charge in [-0.3, -0.25) is 4.79 Å². The smallest absolute Gasteiger partial charge is 0.319 e. The van der Waals surface area contributed by atoms with E-state index in [4.69, 9.17) is 0 Å². The Labute approximate surface area is 222 Å². The minimum atomic E-state index is -0.188. The molecular formula is C33H42N2O2. The van der Waals surface area contributed by atoms with E-state index in [0.29, 0.717) is 18.9 Å². The van der Waals surface area contributed by atoms with Gasteiger partial charge in [0.1, 0.15) is 0 Å². The summed E-state index contributed by atoms with van der Waals surface area (Å²) in [6, 6.07) is 18.3. The summed E-state index contributed by atoms with van der Waals surface area (Å²) < 4.78 is 0. The summed E-state index contributed by atoms with van der Waals surface area (Å²) in [5, 5.41) is 6.11. The molecule has 0 fully saturated rings. The third kappa shape index (κ3) is 8.31. The maximum Gasteiger partial charge on any atom is 0.319 e. The molecule has 196 valence electrons. The molecule has 4 heteroatoms. The van der Waals surface area contributed by atoms with E-state index < -0.39 is 0 Å². The third-order valence-electron chi connectivity index (χ3n) is 7.02. The number of carbonyl (C=O) groups excluding carboxylic acids is 2. The number of aryl methyl sites for hydroxylation is 4. The van der Waals surface area contributed by atoms with E-state index in [0.717, 1.165) is 41.6 Å². The summed E-state index contributed by atoms with van der Waals surface area (Å²) in [5.41, 5.74) is 9.89. The van der Waals surface area contributed by atoms with Crippen molar-refractivity contribution in [2.75, 3.05) is 5.32 Å². The largest absolute Gasteiger partial charge is 0.334 e. The third-order valence-corrected chi connectivity index (χ3v) is 7.02. The van der Waals surface area contributed by atoms with E-state index >= 15 is 0 Å². The number of amides is 2. The number of urea groups is 1. The van der Waals surface area contributed by atoms with Crippen LogP contribution in [-0.2, 0) is 19.4 Å². The first kappa shape index (κ1) is 28.2. The Hall–Kier alpha value is -3.40. The number of hydrogen-bond donors (Lipinski definition) is 2. The topological polar surface area (TPSA) is 58.2 Å². The summed E-state index contributed by atoms with van der Waals surface area (Å²) in [6.07, 6.45) is 4.54. The van der Waals surface area contributed by atoms with Crippen LogP contribution in [0.2, 0.25) is 0 Å². The van der Waals surface area contributed by atoms with E-state index in [2.05, 4.69) is 81.7 Å². The first-order chi connectivity index (χ1) is 17.7. The highest BCUT2D eigenvalue weighted by atomic mass is 16.2. The Morgan fingerprint density at radius 1 is 0.838 bits per heavy atom. The van der Waals surface area contributed by atoms with Gasteiger partial charge in [-0.15, -0.1) is 0 Å². The minimum absolute atomic E-state index is 0.168. The fourth-order valence-electron chi connectivity index (χ4n) is 4.59. The zero-order chi connectivity index (χ0) is 26.9. The fraction of sp³-hybridized carbons (Fsp3) is 0.394. The fourth-order valence-corrected chi connectivity index (χ4v) is 4.59. The van der Waals surface area contributed by atoms with Gasteiger partial charge in [0, 0.05) is 24.2 Å². The van der Waals surface area contributed by atoms with Gasteiger partial charge in [0.05, 0.1) is 0 Å². The number of benzene rings is 3. The van der Waals surface area contributed by atoms with Crippen LogP contribution in [0, 0.1) is 26.7 Å². The molecule has 3 rings (SSSR count). The van der Waals surface area contributed by atoms with Crippen LogP contribution in [0.15, 0.2) is 54.6 Å². The molecule has 2 N–H and O–H groups in total. The molecule has 0 bridgehead atoms. The average molecular weight is 499 g/mol. The Kier molecular flexibility index (Phi) is 10.1. The van der Waals surface area contributed by atoms with Crippen LogP contribution in [0.5, 0.6) is 0 Å². The van der Waals surface area contributed by atoms with Crippen LogP contribution < -0.4 is 10.6 Å². The molecule has 0 aliphatic carbocycles. The number of carbonyl (C=O) groups is 2. The lowest BCUT2D eigenvalue weighted by molar-refractivity contribution is 0.0988. The van der Waals surface area contributed by atoms with Gasteiger partial charge in [0.15, 0.2) is 5.78 Å². The number of nitrogens with one attached hydrogen (secondary N) is 2. The van der Waals surface area contributed by atoms with Crippen molar-refractivity contribution in [2.24, 2.45) is 5.92 Å². The van der Waals surface area contributed by atoms with Gasteiger partial charge < -0.3 is 10.6 Å². The van der Waals surface area contributed by atoms with E-state index in [1.807, 2.05) is 25.1 Å². The Balaban J connectivity index is 1.61. The zero-order valence-corrected chi connectivity index (χ0v) is 23.3. The molecular weight excluding hydrogens is 456 g/mol. The van der Waals surface area contributed by atoms with Crippen molar-refractivity contribution in [2.45, 2.75) is 80.2 Å². The number of Topliss-reactive ketones (excluding diaryl/α,β-unsaturated/α-hetero) is 1. The van der Waals surface area contributed by atoms with Crippen molar-refractivity contribution in [1.29, 1.82) is 0 Å². The average Bonchev–Trinajstić information content (AvgIpc) is 2.86. The van der Waals surface area contributed by atoms with Crippen molar-refractivity contribution in [3.8, 4) is 0 Å². The molecule has 0 aliphatic rings. The zero-order valence-electron chi connectivity index (χ0n) is 23.3. The van der Waals surface area contributed by atoms with Crippen molar-refractivity contribution in [3.63, 3.8) is 0 Å². The lowest BCUT2D eigenvalue weighted by Crippen LogP contribution is -2.28. The van der Waals surface area contributed by atoms with Gasteiger partial charge in [0.2, 0.25) is 0 Å². The number of ketones is 1. The maximum atomic E-state index is 12.8. The van der Waals surface area contributed by atoms with Gasteiger partial charge in [-0.25, -0.2) is 4.79 Å². The molecule has 0 saturated carbocycles. The molecule has 0 aromatic heterocycles. The van der Waals surface area contributed by atoms with Crippen molar-refractivity contribution >= 4 is 17.5 Å². The van der Waals surface area contributed by atoms with Crippen molar-refractivity contribution < 1.29 is 9.59 Å². The summed E-state index contributed by atoms with van der Waals surface area (Å²) in [7, 11) is 0. The summed E-state index contributed by atoms with van der Waals surface area (Å²) in [5.74, 6) is 0.846. The van der Waals surface area contributed by atoms with E-state index in [9.17, 15) is 9.59 Å². The van der Waals surface area contributed by atoms with Crippen LogP contribution in [0.25, 0.3) is 0 Å². The van der Waals surface area contributed by atoms with Crippen LogP contribution in [0.1, 0.15) is 89.3 Å². The van der Waals surface area contributed by atoms with Gasteiger partial charge in [-0.1, -0.05) is 69.7 Å². The second-order valence-electron chi connectivity index (χ2n) is 10.6. The number of hydrogen-bond acceptors (Lipinski definition) is 2. The highest BCUT2D eigenvalue weighted by Crippen LogP contribution is 2.24. The second-order valence-corrected chi connectivity index (χ2v) is 10.6. The maximum absolute atomic E-state index is 12.8. The van der Waals surface area contributed by atoms with Gasteiger partial charge in [-0.05, 0) is 97.0 Å².